The van der Waals surface area contributed by atoms with Gasteiger partial charge in [0.2, 0.25) is 0 Å². The smallest absolute Gasteiger partial charge is 0.268 e. The molecule has 0 radical (unpaired) electrons. The van der Waals surface area contributed by atoms with E-state index in [4.69, 9.17) is 16.3 Å². The summed E-state index contributed by atoms with van der Waals surface area (Å²) in [6.45, 7) is 1.32. The van der Waals surface area contributed by atoms with Crippen molar-refractivity contribution in [3.63, 3.8) is 0 Å². The number of aromatic nitrogens is 5. The Morgan fingerprint density at radius 3 is 2.97 bits per heavy atom. The van der Waals surface area contributed by atoms with Crippen molar-refractivity contribution in [2.75, 3.05) is 13.7 Å². The first-order valence-electron chi connectivity index (χ1n) is 8.93. The van der Waals surface area contributed by atoms with E-state index in [1.54, 1.807) is 7.11 Å². The zero-order chi connectivity index (χ0) is 20.2. The Morgan fingerprint density at radius 2 is 2.14 bits per heavy atom. The number of nitrogens with one attached hydrogen (secondary N) is 1. The Balaban J connectivity index is 1.62. The number of fused-ring (bicyclic) bond motifs is 1. The molecule has 0 saturated heterocycles. The van der Waals surface area contributed by atoms with Crippen LogP contribution in [0.25, 0.3) is 21.6 Å². The van der Waals surface area contributed by atoms with Crippen LogP contribution in [0.15, 0.2) is 45.7 Å². The zero-order valence-corrected chi connectivity index (χ0v) is 18.0. The van der Waals surface area contributed by atoms with Gasteiger partial charge in [0, 0.05) is 25.8 Å². The second kappa shape index (κ2) is 9.08. The fraction of sp³-hybridized carbons (Fsp3) is 0.263. The van der Waals surface area contributed by atoms with Gasteiger partial charge in [0.1, 0.15) is 10.5 Å². The lowest BCUT2D eigenvalue weighted by atomic mass is 10.2. The van der Waals surface area contributed by atoms with Crippen molar-refractivity contribution in [1.82, 2.24) is 24.7 Å². The number of nitrogens with zero attached hydrogens (tertiary/aromatic N) is 4. The number of hydrogen-bond acceptors (Lipinski definition) is 7. The minimum Gasteiger partial charge on any atom is -0.385 e. The number of thiophene rings is 1. The van der Waals surface area contributed by atoms with Crippen molar-refractivity contribution >= 4 is 44.9 Å². The first-order chi connectivity index (χ1) is 14.2. The standard InChI is InChI=1S/C19H18ClN5O2S2/c1-27-9-4-8-25-17(12-5-2-3-6-13(12)20)23-24-19(25)29-11-15-21-14-7-10-28-16(14)18(26)22-15/h2-3,5-7,10H,4,8-9,11H2,1H3,(H,21,22,26). The molecule has 0 aliphatic rings. The van der Waals surface area contributed by atoms with E-state index in [1.807, 2.05) is 40.3 Å². The molecule has 29 heavy (non-hydrogen) atoms. The summed E-state index contributed by atoms with van der Waals surface area (Å²) in [5, 5.41) is 12.0. The number of halogens is 1. The van der Waals surface area contributed by atoms with Crippen LogP contribution >= 0.6 is 34.7 Å². The van der Waals surface area contributed by atoms with Gasteiger partial charge in [-0.25, -0.2) is 4.98 Å². The lowest BCUT2D eigenvalue weighted by Crippen LogP contribution is -2.10. The molecule has 0 aliphatic heterocycles. The van der Waals surface area contributed by atoms with Crippen LogP contribution in [0, 0.1) is 0 Å². The number of rotatable bonds is 8. The number of aromatic amines is 1. The zero-order valence-electron chi connectivity index (χ0n) is 15.6. The monoisotopic (exact) mass is 447 g/mol. The van der Waals surface area contributed by atoms with Crippen LogP contribution in [-0.4, -0.2) is 38.4 Å². The molecule has 7 nitrogen and oxygen atoms in total. The van der Waals surface area contributed by atoms with Gasteiger partial charge in [0.05, 0.1) is 16.3 Å². The summed E-state index contributed by atoms with van der Waals surface area (Å²) in [5.41, 5.74) is 1.43. The van der Waals surface area contributed by atoms with Crippen molar-refractivity contribution in [1.29, 1.82) is 0 Å². The van der Waals surface area contributed by atoms with Crippen molar-refractivity contribution in [3.05, 3.63) is 56.9 Å². The minimum absolute atomic E-state index is 0.112. The summed E-state index contributed by atoms with van der Waals surface area (Å²) in [5.74, 6) is 1.80. The molecule has 1 N–H and O–H groups in total. The molecule has 4 rings (SSSR count). The van der Waals surface area contributed by atoms with Crippen molar-refractivity contribution < 1.29 is 4.74 Å². The average molecular weight is 448 g/mol. The highest BCUT2D eigenvalue weighted by Crippen LogP contribution is 2.30. The predicted octanol–water partition coefficient (Wildman–Crippen LogP) is 4.23. The fourth-order valence-corrected chi connectivity index (χ4v) is 4.71. The van der Waals surface area contributed by atoms with Crippen molar-refractivity contribution in [2.24, 2.45) is 0 Å². The summed E-state index contributed by atoms with van der Waals surface area (Å²) >= 11 is 9.24. The Kier molecular flexibility index (Phi) is 6.29. The SMILES string of the molecule is COCCCn1c(SCc2nc3ccsc3c(=O)[nH]2)nnc1-c1ccccc1Cl. The first kappa shape index (κ1) is 20.1. The number of ether oxygens (including phenoxy) is 1. The largest absolute Gasteiger partial charge is 0.385 e. The minimum atomic E-state index is -0.112. The molecule has 150 valence electrons. The third kappa shape index (κ3) is 4.37. The van der Waals surface area contributed by atoms with Gasteiger partial charge in [-0.3, -0.25) is 4.79 Å². The molecular weight excluding hydrogens is 430 g/mol. The number of hydrogen-bond donors (Lipinski definition) is 1. The van der Waals surface area contributed by atoms with Crippen molar-refractivity contribution in [2.45, 2.75) is 23.9 Å². The van der Waals surface area contributed by atoms with Gasteiger partial charge in [-0.1, -0.05) is 35.5 Å². The first-order valence-corrected chi connectivity index (χ1v) is 11.2. The highest BCUT2D eigenvalue weighted by Gasteiger charge is 2.17. The molecule has 3 aromatic heterocycles. The van der Waals surface area contributed by atoms with Crippen LogP contribution in [0.4, 0.5) is 0 Å². The van der Waals surface area contributed by atoms with Crippen LogP contribution in [0.1, 0.15) is 12.2 Å². The van der Waals surface area contributed by atoms with Gasteiger partial charge in [-0.05, 0) is 30.0 Å². The molecule has 0 fully saturated rings. The van der Waals surface area contributed by atoms with E-state index in [1.165, 1.54) is 23.1 Å². The third-order valence-corrected chi connectivity index (χ3v) is 6.47. The normalized spacial score (nSPS) is 11.4. The summed E-state index contributed by atoms with van der Waals surface area (Å²) < 4.78 is 7.86. The van der Waals surface area contributed by atoms with Crippen LogP contribution in [-0.2, 0) is 17.0 Å². The maximum Gasteiger partial charge on any atom is 0.268 e. The highest BCUT2D eigenvalue weighted by molar-refractivity contribution is 7.98. The summed E-state index contributed by atoms with van der Waals surface area (Å²) in [6.07, 6.45) is 0.815. The van der Waals surface area contributed by atoms with E-state index >= 15 is 0 Å². The Labute approximate surface area is 180 Å². The van der Waals surface area contributed by atoms with Gasteiger partial charge < -0.3 is 14.3 Å². The molecule has 0 atom stereocenters. The Bertz CT molecular complexity index is 1190. The summed E-state index contributed by atoms with van der Waals surface area (Å²) in [6, 6.07) is 9.43. The van der Waals surface area contributed by atoms with E-state index < -0.39 is 0 Å². The van der Waals surface area contributed by atoms with Gasteiger partial charge in [0.25, 0.3) is 5.56 Å². The number of methoxy groups -OCH3 is 1. The van der Waals surface area contributed by atoms with Crippen LogP contribution in [0.3, 0.4) is 0 Å². The molecule has 4 aromatic rings. The van der Waals surface area contributed by atoms with Gasteiger partial charge in [-0.15, -0.1) is 21.5 Å². The fourth-order valence-electron chi connectivity index (χ4n) is 2.93. The van der Waals surface area contributed by atoms with E-state index in [0.717, 1.165) is 17.1 Å². The second-order valence-electron chi connectivity index (χ2n) is 6.22. The number of H-pyrrole nitrogens is 1. The van der Waals surface area contributed by atoms with E-state index in [9.17, 15) is 4.79 Å². The van der Waals surface area contributed by atoms with E-state index in [0.29, 0.717) is 45.8 Å². The molecular formula is C19H18ClN5O2S2. The molecule has 0 saturated carbocycles. The quantitative estimate of drug-likeness (QED) is 0.321. The molecule has 1 aromatic carbocycles. The highest BCUT2D eigenvalue weighted by atomic mass is 35.5. The topological polar surface area (TPSA) is 85.7 Å². The number of benzene rings is 1. The lowest BCUT2D eigenvalue weighted by Gasteiger charge is -2.11. The maximum atomic E-state index is 12.2. The summed E-state index contributed by atoms with van der Waals surface area (Å²) in [4.78, 5) is 19.6. The molecule has 0 unspecified atom stereocenters. The summed E-state index contributed by atoms with van der Waals surface area (Å²) in [7, 11) is 1.68. The van der Waals surface area contributed by atoms with Crippen molar-refractivity contribution in [3.8, 4) is 11.4 Å². The number of thioether (sulfide) groups is 1. The van der Waals surface area contributed by atoms with Gasteiger partial charge >= 0.3 is 0 Å². The lowest BCUT2D eigenvalue weighted by molar-refractivity contribution is 0.189. The maximum absolute atomic E-state index is 12.2. The van der Waals surface area contributed by atoms with Gasteiger partial charge in [0.15, 0.2) is 11.0 Å². The molecule has 0 aliphatic carbocycles. The van der Waals surface area contributed by atoms with E-state index in [-0.39, 0.29) is 5.56 Å². The molecule has 0 amide bonds. The van der Waals surface area contributed by atoms with Gasteiger partial charge in [-0.2, -0.15) is 0 Å². The Morgan fingerprint density at radius 1 is 1.28 bits per heavy atom. The van der Waals surface area contributed by atoms with Crippen LogP contribution in [0.5, 0.6) is 0 Å². The second-order valence-corrected chi connectivity index (χ2v) is 8.49. The Hall–Kier alpha value is -2.20. The van der Waals surface area contributed by atoms with Crippen LogP contribution < -0.4 is 5.56 Å². The van der Waals surface area contributed by atoms with Crippen LogP contribution in [0.2, 0.25) is 5.02 Å². The predicted molar refractivity (Wildman–Crippen MR) is 117 cm³/mol. The molecule has 10 heteroatoms. The van der Waals surface area contributed by atoms with E-state index in [2.05, 4.69) is 20.2 Å². The molecule has 3 heterocycles. The third-order valence-electron chi connectivity index (χ3n) is 4.26. The molecule has 0 bridgehead atoms. The molecule has 0 spiro atoms. The average Bonchev–Trinajstić information content (AvgIpc) is 3.34.